The fourth-order valence-electron chi connectivity index (χ4n) is 2.62. The van der Waals surface area contributed by atoms with E-state index in [0.717, 1.165) is 45.6 Å². The Morgan fingerprint density at radius 1 is 1.60 bits per heavy atom. The van der Waals surface area contributed by atoms with E-state index in [1.807, 2.05) is 7.05 Å². The zero-order valence-corrected chi connectivity index (χ0v) is 12.3. The van der Waals surface area contributed by atoms with Gasteiger partial charge in [-0.15, -0.1) is 0 Å². The van der Waals surface area contributed by atoms with Crippen LogP contribution < -0.4 is 5.32 Å². The third-order valence-electron chi connectivity index (χ3n) is 3.79. The van der Waals surface area contributed by atoms with E-state index >= 15 is 0 Å². The normalized spacial score (nSPS) is 19.4. The van der Waals surface area contributed by atoms with E-state index in [-0.39, 0.29) is 5.91 Å². The van der Waals surface area contributed by atoms with Gasteiger partial charge in [0.25, 0.3) is 5.91 Å². The molecule has 0 bridgehead atoms. The maximum absolute atomic E-state index is 12.0. The molecule has 2 rings (SSSR count). The molecule has 2 heterocycles. The lowest BCUT2D eigenvalue weighted by molar-refractivity contribution is 0.0939. The Bertz CT molecular complexity index is 433. The predicted molar refractivity (Wildman–Crippen MR) is 76.6 cm³/mol. The average Bonchev–Trinajstić information content (AvgIpc) is 3.05. The summed E-state index contributed by atoms with van der Waals surface area (Å²) in [6.07, 6.45) is 5.46. The summed E-state index contributed by atoms with van der Waals surface area (Å²) in [7, 11) is 3.57. The molecule has 0 unspecified atom stereocenters. The highest BCUT2D eigenvalue weighted by atomic mass is 16.5. The zero-order valence-electron chi connectivity index (χ0n) is 12.3. The number of aromatic nitrogens is 2. The van der Waals surface area contributed by atoms with Crippen LogP contribution in [0.1, 0.15) is 23.3 Å². The lowest BCUT2D eigenvalue weighted by Crippen LogP contribution is -2.32. The summed E-state index contributed by atoms with van der Waals surface area (Å²) in [5, 5.41) is 3.00. The standard InChI is InChI=1S/C14H24N4O2/c1-17-11-15-9-13(17)14(19)16-8-12-4-6-18(10-12)5-3-7-20-2/h9,11-12H,3-8,10H2,1-2H3,(H,16,19)/t12-/m0/s1. The summed E-state index contributed by atoms with van der Waals surface area (Å²) in [6, 6.07) is 0. The Kier molecular flexibility index (Phi) is 5.55. The van der Waals surface area contributed by atoms with Crippen molar-refractivity contribution in [3.63, 3.8) is 0 Å². The van der Waals surface area contributed by atoms with Crippen LogP contribution in [0.25, 0.3) is 0 Å². The minimum Gasteiger partial charge on any atom is -0.385 e. The fourth-order valence-corrected chi connectivity index (χ4v) is 2.62. The molecule has 1 atom stereocenters. The molecule has 1 N–H and O–H groups in total. The Morgan fingerprint density at radius 3 is 3.15 bits per heavy atom. The highest BCUT2D eigenvalue weighted by Crippen LogP contribution is 2.15. The van der Waals surface area contributed by atoms with Crippen LogP contribution in [0, 0.1) is 5.92 Å². The van der Waals surface area contributed by atoms with Crippen LogP contribution in [0.5, 0.6) is 0 Å². The quantitative estimate of drug-likeness (QED) is 0.739. The molecule has 0 radical (unpaired) electrons. The summed E-state index contributed by atoms with van der Waals surface area (Å²) < 4.78 is 6.81. The first-order valence-corrected chi connectivity index (χ1v) is 7.16. The average molecular weight is 280 g/mol. The van der Waals surface area contributed by atoms with Crippen molar-refractivity contribution < 1.29 is 9.53 Å². The van der Waals surface area contributed by atoms with Gasteiger partial charge in [-0.1, -0.05) is 0 Å². The molecular weight excluding hydrogens is 256 g/mol. The molecule has 20 heavy (non-hydrogen) atoms. The van der Waals surface area contributed by atoms with Crippen molar-refractivity contribution in [3.05, 3.63) is 18.2 Å². The summed E-state index contributed by atoms with van der Waals surface area (Å²) in [6.45, 7) is 4.83. The maximum Gasteiger partial charge on any atom is 0.269 e. The summed E-state index contributed by atoms with van der Waals surface area (Å²) >= 11 is 0. The SMILES string of the molecule is COCCCN1CC[C@@H](CNC(=O)c2cncn2C)C1. The van der Waals surface area contributed by atoms with Gasteiger partial charge in [0.1, 0.15) is 5.69 Å². The van der Waals surface area contributed by atoms with Crippen LogP contribution in [0.3, 0.4) is 0 Å². The van der Waals surface area contributed by atoms with E-state index in [2.05, 4.69) is 15.2 Å². The first kappa shape index (κ1) is 15.0. The molecule has 0 saturated carbocycles. The number of likely N-dealkylation sites (tertiary alicyclic amines) is 1. The minimum atomic E-state index is -0.0390. The maximum atomic E-state index is 12.0. The number of rotatable bonds is 7. The summed E-state index contributed by atoms with van der Waals surface area (Å²) in [5.41, 5.74) is 0.611. The van der Waals surface area contributed by atoms with Crippen LogP contribution >= 0.6 is 0 Å². The number of nitrogens with one attached hydrogen (secondary N) is 1. The van der Waals surface area contributed by atoms with Crippen molar-refractivity contribution in [2.45, 2.75) is 12.8 Å². The van der Waals surface area contributed by atoms with Gasteiger partial charge in [-0.05, 0) is 25.3 Å². The largest absolute Gasteiger partial charge is 0.385 e. The van der Waals surface area contributed by atoms with Crippen molar-refractivity contribution in [1.82, 2.24) is 19.8 Å². The van der Waals surface area contributed by atoms with Crippen molar-refractivity contribution in [2.24, 2.45) is 13.0 Å². The highest BCUT2D eigenvalue weighted by Gasteiger charge is 2.22. The van der Waals surface area contributed by atoms with Gasteiger partial charge in [0.2, 0.25) is 0 Å². The van der Waals surface area contributed by atoms with E-state index in [9.17, 15) is 4.79 Å². The third-order valence-corrected chi connectivity index (χ3v) is 3.79. The number of carbonyl (C=O) groups is 1. The lowest BCUT2D eigenvalue weighted by atomic mass is 10.1. The molecule has 1 aromatic heterocycles. The van der Waals surface area contributed by atoms with Gasteiger partial charge in [0.05, 0.1) is 12.5 Å². The van der Waals surface area contributed by atoms with Gasteiger partial charge in [0, 0.05) is 40.4 Å². The van der Waals surface area contributed by atoms with Gasteiger partial charge in [-0.2, -0.15) is 0 Å². The Hall–Kier alpha value is -1.40. The van der Waals surface area contributed by atoms with Crippen LogP contribution in [-0.4, -0.2) is 60.3 Å². The van der Waals surface area contributed by atoms with Gasteiger partial charge in [0.15, 0.2) is 0 Å². The van der Waals surface area contributed by atoms with E-state index < -0.39 is 0 Å². The lowest BCUT2D eigenvalue weighted by Gasteiger charge is -2.16. The van der Waals surface area contributed by atoms with E-state index in [4.69, 9.17) is 4.74 Å². The molecule has 1 fully saturated rings. The smallest absolute Gasteiger partial charge is 0.269 e. The topological polar surface area (TPSA) is 59.4 Å². The van der Waals surface area contributed by atoms with E-state index in [1.54, 1.807) is 24.2 Å². The number of methoxy groups -OCH3 is 1. The summed E-state index contributed by atoms with van der Waals surface area (Å²) in [4.78, 5) is 18.4. The predicted octanol–water partition coefficient (Wildman–Crippen LogP) is 0.508. The van der Waals surface area contributed by atoms with Crippen molar-refractivity contribution >= 4 is 5.91 Å². The molecule has 0 spiro atoms. The third kappa shape index (κ3) is 4.05. The molecule has 1 aromatic rings. The number of amides is 1. The zero-order chi connectivity index (χ0) is 14.4. The first-order chi connectivity index (χ1) is 9.70. The van der Waals surface area contributed by atoms with Gasteiger partial charge in [-0.25, -0.2) is 4.98 Å². The molecule has 0 aliphatic carbocycles. The molecule has 1 aliphatic heterocycles. The number of imidazole rings is 1. The first-order valence-electron chi connectivity index (χ1n) is 7.16. The van der Waals surface area contributed by atoms with Gasteiger partial charge in [-0.3, -0.25) is 4.79 Å². The second-order valence-corrected chi connectivity index (χ2v) is 5.40. The number of ether oxygens (including phenoxy) is 1. The number of nitrogens with zero attached hydrogens (tertiary/aromatic N) is 3. The Labute approximate surface area is 120 Å². The van der Waals surface area contributed by atoms with Crippen LogP contribution in [-0.2, 0) is 11.8 Å². The molecule has 6 heteroatoms. The van der Waals surface area contributed by atoms with Crippen molar-refractivity contribution in [2.75, 3.05) is 39.9 Å². The fraction of sp³-hybridized carbons (Fsp3) is 0.714. The number of aryl methyl sites for hydroxylation is 1. The Balaban J connectivity index is 1.68. The number of carbonyl (C=O) groups excluding carboxylic acids is 1. The monoisotopic (exact) mass is 280 g/mol. The molecule has 1 saturated heterocycles. The van der Waals surface area contributed by atoms with Crippen LogP contribution in [0.4, 0.5) is 0 Å². The van der Waals surface area contributed by atoms with Gasteiger partial charge >= 0.3 is 0 Å². The Morgan fingerprint density at radius 2 is 2.45 bits per heavy atom. The van der Waals surface area contributed by atoms with Crippen LogP contribution in [0.15, 0.2) is 12.5 Å². The molecular formula is C14H24N4O2. The van der Waals surface area contributed by atoms with E-state index in [0.29, 0.717) is 11.6 Å². The van der Waals surface area contributed by atoms with Crippen LogP contribution in [0.2, 0.25) is 0 Å². The minimum absolute atomic E-state index is 0.0390. The molecule has 0 aromatic carbocycles. The second kappa shape index (κ2) is 7.40. The van der Waals surface area contributed by atoms with E-state index in [1.165, 1.54) is 0 Å². The number of hydrogen-bond acceptors (Lipinski definition) is 4. The second-order valence-electron chi connectivity index (χ2n) is 5.40. The van der Waals surface area contributed by atoms with Gasteiger partial charge < -0.3 is 19.5 Å². The number of hydrogen-bond donors (Lipinski definition) is 1. The van der Waals surface area contributed by atoms with Crippen molar-refractivity contribution in [1.29, 1.82) is 0 Å². The molecule has 1 aliphatic rings. The summed E-state index contributed by atoms with van der Waals surface area (Å²) in [5.74, 6) is 0.512. The molecule has 1 amide bonds. The highest BCUT2D eigenvalue weighted by molar-refractivity contribution is 5.92. The molecule has 6 nitrogen and oxygen atoms in total. The van der Waals surface area contributed by atoms with Crippen molar-refractivity contribution in [3.8, 4) is 0 Å². The molecule has 112 valence electrons.